The highest BCUT2D eigenvalue weighted by Gasteiger charge is 2.20. The number of fused-ring (bicyclic) bond motifs is 1. The molecule has 3 heteroatoms. The predicted molar refractivity (Wildman–Crippen MR) is 104 cm³/mol. The number of aromatic nitrogens is 2. The second-order valence-electron chi connectivity index (χ2n) is 7.54. The summed E-state index contributed by atoms with van der Waals surface area (Å²) in [6.07, 6.45) is 4.56. The van der Waals surface area contributed by atoms with Crippen LogP contribution in [0.3, 0.4) is 0 Å². The predicted octanol–water partition coefficient (Wildman–Crippen LogP) is 4.57. The third kappa shape index (κ3) is 3.62. The Bertz CT molecular complexity index is 857. The minimum Gasteiger partial charge on any atom is -0.330 e. The molecule has 25 heavy (non-hydrogen) atoms. The van der Waals surface area contributed by atoms with Crippen LogP contribution in [0.1, 0.15) is 29.5 Å². The summed E-state index contributed by atoms with van der Waals surface area (Å²) >= 11 is 0. The van der Waals surface area contributed by atoms with Crippen molar-refractivity contribution in [3.05, 3.63) is 65.5 Å². The molecule has 0 spiro atoms. The Balaban J connectivity index is 1.36. The highest BCUT2D eigenvalue weighted by atomic mass is 15.1. The summed E-state index contributed by atoms with van der Waals surface area (Å²) in [5.74, 6) is 0.757. The fourth-order valence-corrected chi connectivity index (χ4v) is 3.97. The Morgan fingerprint density at radius 3 is 2.68 bits per heavy atom. The topological polar surface area (TPSA) is 21.1 Å². The molecule has 1 fully saturated rings. The van der Waals surface area contributed by atoms with E-state index in [4.69, 9.17) is 0 Å². The van der Waals surface area contributed by atoms with Gasteiger partial charge in [-0.05, 0) is 69.0 Å². The van der Waals surface area contributed by atoms with Crippen LogP contribution < -0.4 is 0 Å². The van der Waals surface area contributed by atoms with Crippen molar-refractivity contribution in [1.82, 2.24) is 14.5 Å². The van der Waals surface area contributed by atoms with E-state index >= 15 is 0 Å². The Kier molecular flexibility index (Phi) is 4.58. The number of benzene rings is 2. The van der Waals surface area contributed by atoms with Gasteiger partial charge >= 0.3 is 0 Å². The molecular weight excluding hydrogens is 306 g/mol. The van der Waals surface area contributed by atoms with Crippen LogP contribution >= 0.6 is 0 Å². The molecule has 130 valence electrons. The molecular formula is C22H27N3. The fourth-order valence-electron chi connectivity index (χ4n) is 3.97. The zero-order valence-corrected chi connectivity index (χ0v) is 15.3. The van der Waals surface area contributed by atoms with Crippen LogP contribution in [0.25, 0.3) is 11.0 Å². The number of imidazole rings is 1. The molecule has 1 saturated heterocycles. The number of piperidine rings is 1. The summed E-state index contributed by atoms with van der Waals surface area (Å²) in [7, 11) is 0. The van der Waals surface area contributed by atoms with Crippen LogP contribution in [0.15, 0.2) is 48.8 Å². The van der Waals surface area contributed by atoms with E-state index < -0.39 is 0 Å². The van der Waals surface area contributed by atoms with E-state index in [-0.39, 0.29) is 0 Å². The van der Waals surface area contributed by atoms with Crippen LogP contribution in [-0.4, -0.2) is 27.5 Å². The van der Waals surface area contributed by atoms with Gasteiger partial charge in [-0.3, -0.25) is 4.90 Å². The minimum absolute atomic E-state index is 0.757. The van der Waals surface area contributed by atoms with Gasteiger partial charge in [0.2, 0.25) is 0 Å². The SMILES string of the molecule is Cc1ccc(C)c(CN2CCC(Cn3cnc4ccccc43)CC2)c1. The normalized spacial score (nSPS) is 16.6. The van der Waals surface area contributed by atoms with Crippen molar-refractivity contribution in [3.8, 4) is 0 Å². The third-order valence-electron chi connectivity index (χ3n) is 5.59. The maximum atomic E-state index is 4.53. The first-order valence-electron chi connectivity index (χ1n) is 9.37. The number of hydrogen-bond acceptors (Lipinski definition) is 2. The van der Waals surface area contributed by atoms with Gasteiger partial charge in [0, 0.05) is 13.1 Å². The number of aryl methyl sites for hydroxylation is 2. The van der Waals surface area contributed by atoms with E-state index in [0.29, 0.717) is 0 Å². The Morgan fingerprint density at radius 1 is 1.04 bits per heavy atom. The molecule has 4 rings (SSSR count). The number of rotatable bonds is 4. The molecule has 3 aromatic rings. The van der Waals surface area contributed by atoms with Crippen molar-refractivity contribution >= 4 is 11.0 Å². The first-order valence-corrected chi connectivity index (χ1v) is 9.37. The van der Waals surface area contributed by atoms with Gasteiger partial charge in [0.25, 0.3) is 0 Å². The lowest BCUT2D eigenvalue weighted by molar-refractivity contribution is 0.167. The number of likely N-dealkylation sites (tertiary alicyclic amines) is 1. The maximum Gasteiger partial charge on any atom is 0.0958 e. The van der Waals surface area contributed by atoms with Crippen molar-refractivity contribution in [2.45, 2.75) is 39.8 Å². The van der Waals surface area contributed by atoms with E-state index in [9.17, 15) is 0 Å². The van der Waals surface area contributed by atoms with Crippen LogP contribution in [0, 0.1) is 19.8 Å². The second kappa shape index (κ2) is 7.01. The molecule has 1 aliphatic rings. The monoisotopic (exact) mass is 333 g/mol. The zero-order valence-electron chi connectivity index (χ0n) is 15.3. The largest absolute Gasteiger partial charge is 0.330 e. The van der Waals surface area contributed by atoms with Crippen molar-refractivity contribution < 1.29 is 0 Å². The van der Waals surface area contributed by atoms with Gasteiger partial charge in [0.1, 0.15) is 0 Å². The molecule has 0 atom stereocenters. The van der Waals surface area contributed by atoms with Crippen molar-refractivity contribution in [2.75, 3.05) is 13.1 Å². The lowest BCUT2D eigenvalue weighted by Gasteiger charge is -2.32. The molecule has 2 heterocycles. The van der Waals surface area contributed by atoms with Gasteiger partial charge in [0.05, 0.1) is 17.4 Å². The summed E-state index contributed by atoms with van der Waals surface area (Å²) in [4.78, 5) is 7.14. The van der Waals surface area contributed by atoms with E-state index in [0.717, 1.165) is 24.5 Å². The van der Waals surface area contributed by atoms with Crippen LogP contribution in [0.2, 0.25) is 0 Å². The van der Waals surface area contributed by atoms with E-state index in [1.165, 1.54) is 48.1 Å². The minimum atomic E-state index is 0.757. The number of nitrogens with zero attached hydrogens (tertiary/aromatic N) is 3. The Morgan fingerprint density at radius 2 is 1.84 bits per heavy atom. The van der Waals surface area contributed by atoms with Crippen LogP contribution in [0.5, 0.6) is 0 Å². The molecule has 3 nitrogen and oxygen atoms in total. The lowest BCUT2D eigenvalue weighted by atomic mass is 9.95. The van der Waals surface area contributed by atoms with Crippen LogP contribution in [0.4, 0.5) is 0 Å². The van der Waals surface area contributed by atoms with Gasteiger partial charge < -0.3 is 4.57 Å². The average molecular weight is 333 g/mol. The summed E-state index contributed by atoms with van der Waals surface area (Å²) in [6, 6.07) is 15.2. The van der Waals surface area contributed by atoms with Crippen molar-refractivity contribution in [3.63, 3.8) is 0 Å². The van der Waals surface area contributed by atoms with Crippen LogP contribution in [-0.2, 0) is 13.1 Å². The van der Waals surface area contributed by atoms with Gasteiger partial charge in [-0.2, -0.15) is 0 Å². The van der Waals surface area contributed by atoms with Gasteiger partial charge in [0.15, 0.2) is 0 Å². The zero-order chi connectivity index (χ0) is 17.2. The first-order chi connectivity index (χ1) is 12.2. The highest BCUT2D eigenvalue weighted by molar-refractivity contribution is 5.74. The summed E-state index contributed by atoms with van der Waals surface area (Å²) in [5, 5.41) is 0. The van der Waals surface area contributed by atoms with Crippen molar-refractivity contribution in [2.24, 2.45) is 5.92 Å². The standard InChI is InChI=1S/C22H27N3/c1-17-7-8-18(2)20(13-17)15-24-11-9-19(10-12-24)14-25-16-23-21-5-3-4-6-22(21)25/h3-8,13,16,19H,9-12,14-15H2,1-2H3. The molecule has 0 unspecified atom stereocenters. The number of para-hydroxylation sites is 2. The molecule has 0 saturated carbocycles. The first kappa shape index (κ1) is 16.3. The molecule has 0 aliphatic carbocycles. The molecule has 1 aliphatic heterocycles. The summed E-state index contributed by atoms with van der Waals surface area (Å²) < 4.78 is 2.33. The maximum absolute atomic E-state index is 4.53. The molecule has 1 aromatic heterocycles. The molecule has 0 amide bonds. The lowest BCUT2D eigenvalue weighted by Crippen LogP contribution is -2.34. The highest BCUT2D eigenvalue weighted by Crippen LogP contribution is 2.23. The summed E-state index contributed by atoms with van der Waals surface area (Å²) in [5.41, 5.74) is 6.63. The van der Waals surface area contributed by atoms with Gasteiger partial charge in [-0.25, -0.2) is 4.98 Å². The molecule has 0 radical (unpaired) electrons. The quantitative estimate of drug-likeness (QED) is 0.697. The third-order valence-corrected chi connectivity index (χ3v) is 5.59. The Labute approximate surface area is 150 Å². The smallest absolute Gasteiger partial charge is 0.0958 e. The molecule has 0 bridgehead atoms. The average Bonchev–Trinajstić information content (AvgIpc) is 3.03. The molecule has 2 aromatic carbocycles. The second-order valence-corrected chi connectivity index (χ2v) is 7.54. The fraction of sp³-hybridized carbons (Fsp3) is 0.409. The van der Waals surface area contributed by atoms with E-state index in [2.05, 4.69) is 70.8 Å². The number of hydrogen-bond donors (Lipinski definition) is 0. The van der Waals surface area contributed by atoms with E-state index in [1.807, 2.05) is 6.33 Å². The van der Waals surface area contributed by atoms with Gasteiger partial charge in [-0.1, -0.05) is 35.9 Å². The van der Waals surface area contributed by atoms with Crippen molar-refractivity contribution in [1.29, 1.82) is 0 Å². The molecule has 0 N–H and O–H groups in total. The van der Waals surface area contributed by atoms with E-state index in [1.54, 1.807) is 0 Å². The summed E-state index contributed by atoms with van der Waals surface area (Å²) in [6.45, 7) is 9.00. The Hall–Kier alpha value is -2.13. The van der Waals surface area contributed by atoms with Gasteiger partial charge in [-0.15, -0.1) is 0 Å².